The number of hydrogen-bond acceptors (Lipinski definition) is 6. The van der Waals surface area contributed by atoms with Crippen molar-refractivity contribution in [1.82, 2.24) is 10.3 Å². The molecule has 1 amide bonds. The third-order valence-corrected chi connectivity index (χ3v) is 5.63. The van der Waals surface area contributed by atoms with E-state index in [1.165, 1.54) is 11.8 Å². The van der Waals surface area contributed by atoms with E-state index in [1.54, 1.807) is 18.2 Å². The van der Waals surface area contributed by atoms with Gasteiger partial charge in [0, 0.05) is 27.7 Å². The number of aliphatic imine (C=N–C) groups is 2. The van der Waals surface area contributed by atoms with Crippen molar-refractivity contribution in [3.8, 4) is 0 Å². The van der Waals surface area contributed by atoms with Crippen molar-refractivity contribution in [2.24, 2.45) is 15.7 Å². The highest BCUT2D eigenvalue weighted by Gasteiger charge is 2.20. The lowest BCUT2D eigenvalue weighted by atomic mass is 10.1. The normalized spacial score (nSPS) is 16.1. The molecular formula is C19H16Cl2N6OS. The Morgan fingerprint density at radius 2 is 2.03 bits per heavy atom. The molecule has 1 atom stereocenters. The van der Waals surface area contributed by atoms with Crippen LogP contribution in [-0.4, -0.2) is 27.8 Å². The molecule has 0 saturated heterocycles. The zero-order chi connectivity index (χ0) is 20.4. The number of amidine groups is 1. The number of anilines is 1. The number of benzene rings is 2. The Bertz CT molecular complexity index is 1140. The summed E-state index contributed by atoms with van der Waals surface area (Å²) >= 11 is 13.3. The number of aromatic amines is 1. The molecule has 0 fully saturated rings. The minimum absolute atomic E-state index is 0.114. The number of fused-ring (bicyclic) bond motifs is 1. The van der Waals surface area contributed by atoms with Gasteiger partial charge in [-0.25, -0.2) is 9.98 Å². The van der Waals surface area contributed by atoms with Gasteiger partial charge in [-0.3, -0.25) is 4.79 Å². The summed E-state index contributed by atoms with van der Waals surface area (Å²) in [5.41, 5.74) is 8.31. The number of nitrogens with one attached hydrogen (secondary N) is 3. The van der Waals surface area contributed by atoms with Gasteiger partial charge in [-0.2, -0.15) is 0 Å². The molecule has 0 saturated carbocycles. The van der Waals surface area contributed by atoms with Crippen molar-refractivity contribution < 1.29 is 4.79 Å². The van der Waals surface area contributed by atoms with Crippen LogP contribution in [0.25, 0.3) is 10.9 Å². The second kappa shape index (κ2) is 8.36. The molecule has 29 heavy (non-hydrogen) atoms. The summed E-state index contributed by atoms with van der Waals surface area (Å²) in [4.78, 5) is 24.5. The summed E-state index contributed by atoms with van der Waals surface area (Å²) in [5.74, 6) is 0.118. The number of thioether (sulfide) groups is 1. The number of amides is 1. The topological polar surface area (TPSA) is 108 Å². The van der Waals surface area contributed by atoms with E-state index < -0.39 is 6.17 Å². The maximum atomic E-state index is 12.3. The Hall–Kier alpha value is -2.68. The quantitative estimate of drug-likeness (QED) is 0.483. The van der Waals surface area contributed by atoms with E-state index in [-0.39, 0.29) is 17.6 Å². The van der Waals surface area contributed by atoms with Gasteiger partial charge in [-0.05, 0) is 24.3 Å². The number of para-hydroxylation sites is 1. The highest BCUT2D eigenvalue weighted by atomic mass is 35.5. The first kappa shape index (κ1) is 19.6. The summed E-state index contributed by atoms with van der Waals surface area (Å²) in [6.45, 7) is 0. The van der Waals surface area contributed by atoms with Gasteiger partial charge in [0.2, 0.25) is 5.91 Å². The van der Waals surface area contributed by atoms with Crippen molar-refractivity contribution in [2.75, 3.05) is 11.1 Å². The Morgan fingerprint density at radius 1 is 1.21 bits per heavy atom. The van der Waals surface area contributed by atoms with Crippen LogP contribution >= 0.6 is 35.0 Å². The van der Waals surface area contributed by atoms with Gasteiger partial charge in [0.15, 0.2) is 17.3 Å². The van der Waals surface area contributed by atoms with Crippen molar-refractivity contribution in [3.05, 3.63) is 64.3 Å². The van der Waals surface area contributed by atoms with Crippen molar-refractivity contribution in [2.45, 2.75) is 6.17 Å². The molecule has 148 valence electrons. The SMILES string of the molecule is NC1=N[C@H](c2c[nH]c3ccccc23)N=C(SCC(=O)Nc2cc(Cl)ccc2Cl)N1. The number of aromatic nitrogens is 1. The average Bonchev–Trinajstić information content (AvgIpc) is 3.13. The lowest BCUT2D eigenvalue weighted by Gasteiger charge is -2.18. The number of guanidine groups is 1. The van der Waals surface area contributed by atoms with Gasteiger partial charge in [0.05, 0.1) is 16.5 Å². The number of nitrogens with zero attached hydrogens (tertiary/aromatic N) is 2. The van der Waals surface area contributed by atoms with E-state index in [1.807, 2.05) is 30.5 Å². The Balaban J connectivity index is 1.46. The lowest BCUT2D eigenvalue weighted by Crippen LogP contribution is -2.39. The van der Waals surface area contributed by atoms with Crippen LogP contribution in [0.4, 0.5) is 5.69 Å². The molecule has 2 aromatic carbocycles. The summed E-state index contributed by atoms with van der Waals surface area (Å²) < 4.78 is 0. The minimum atomic E-state index is -0.486. The largest absolute Gasteiger partial charge is 0.370 e. The molecule has 4 rings (SSSR count). The van der Waals surface area contributed by atoms with E-state index in [4.69, 9.17) is 28.9 Å². The van der Waals surface area contributed by atoms with E-state index >= 15 is 0 Å². The van der Waals surface area contributed by atoms with Crippen molar-refractivity contribution in [1.29, 1.82) is 0 Å². The van der Waals surface area contributed by atoms with Gasteiger partial charge < -0.3 is 21.4 Å². The first-order valence-corrected chi connectivity index (χ1v) is 10.4. The fourth-order valence-corrected chi connectivity index (χ4v) is 3.91. The molecule has 1 aliphatic rings. The summed E-state index contributed by atoms with van der Waals surface area (Å²) in [5, 5.41) is 8.08. The summed E-state index contributed by atoms with van der Waals surface area (Å²) in [6.07, 6.45) is 1.39. The van der Waals surface area contributed by atoms with Crippen LogP contribution in [0.3, 0.4) is 0 Å². The summed E-state index contributed by atoms with van der Waals surface area (Å²) in [7, 11) is 0. The number of halogens is 2. The monoisotopic (exact) mass is 446 g/mol. The van der Waals surface area contributed by atoms with Crippen LogP contribution in [0.2, 0.25) is 10.0 Å². The van der Waals surface area contributed by atoms with Crippen LogP contribution in [0, 0.1) is 0 Å². The number of hydrogen-bond donors (Lipinski definition) is 4. The number of H-pyrrole nitrogens is 1. The van der Waals surface area contributed by atoms with E-state index in [2.05, 4.69) is 25.6 Å². The van der Waals surface area contributed by atoms with E-state index in [0.29, 0.717) is 20.9 Å². The average molecular weight is 447 g/mol. The van der Waals surface area contributed by atoms with Crippen LogP contribution in [0.15, 0.2) is 58.6 Å². The van der Waals surface area contributed by atoms with E-state index in [9.17, 15) is 4.79 Å². The molecule has 7 nitrogen and oxygen atoms in total. The first-order chi connectivity index (χ1) is 14.0. The molecule has 0 aliphatic carbocycles. The molecule has 1 aliphatic heterocycles. The van der Waals surface area contributed by atoms with Gasteiger partial charge >= 0.3 is 0 Å². The number of nitrogens with two attached hydrogens (primary N) is 1. The zero-order valence-electron chi connectivity index (χ0n) is 14.9. The predicted octanol–water partition coefficient (Wildman–Crippen LogP) is 4.12. The lowest BCUT2D eigenvalue weighted by molar-refractivity contribution is -0.113. The van der Waals surface area contributed by atoms with Crippen molar-refractivity contribution >= 4 is 68.6 Å². The zero-order valence-corrected chi connectivity index (χ0v) is 17.3. The Morgan fingerprint density at radius 3 is 2.90 bits per heavy atom. The van der Waals surface area contributed by atoms with Crippen LogP contribution in [0.5, 0.6) is 0 Å². The Labute approximate surface area is 180 Å². The number of carbonyl (C=O) groups excluding carboxylic acids is 1. The molecular weight excluding hydrogens is 431 g/mol. The molecule has 0 radical (unpaired) electrons. The predicted molar refractivity (Wildman–Crippen MR) is 121 cm³/mol. The fourth-order valence-electron chi connectivity index (χ4n) is 2.88. The van der Waals surface area contributed by atoms with Gasteiger partial charge in [0.25, 0.3) is 0 Å². The maximum absolute atomic E-state index is 12.3. The maximum Gasteiger partial charge on any atom is 0.234 e. The smallest absolute Gasteiger partial charge is 0.234 e. The second-order valence-electron chi connectivity index (χ2n) is 6.20. The number of rotatable bonds is 4. The van der Waals surface area contributed by atoms with Crippen LogP contribution in [0.1, 0.15) is 11.7 Å². The van der Waals surface area contributed by atoms with Crippen LogP contribution in [-0.2, 0) is 4.79 Å². The van der Waals surface area contributed by atoms with Gasteiger partial charge in [-0.15, -0.1) is 0 Å². The first-order valence-electron chi connectivity index (χ1n) is 8.61. The molecule has 1 aromatic heterocycles. The van der Waals surface area contributed by atoms with Crippen molar-refractivity contribution in [3.63, 3.8) is 0 Å². The molecule has 10 heteroatoms. The number of carbonyl (C=O) groups is 1. The molecule has 3 aromatic rings. The summed E-state index contributed by atoms with van der Waals surface area (Å²) in [6, 6.07) is 12.8. The molecule has 0 unspecified atom stereocenters. The molecule has 0 spiro atoms. The third-order valence-electron chi connectivity index (χ3n) is 4.18. The highest BCUT2D eigenvalue weighted by molar-refractivity contribution is 8.14. The van der Waals surface area contributed by atoms with Gasteiger partial charge in [0.1, 0.15) is 0 Å². The standard InChI is InChI=1S/C19H16Cl2N6OS/c20-10-5-6-13(21)15(7-10)24-16(28)9-29-19-26-17(25-18(22)27-19)12-8-23-14-4-2-1-3-11(12)14/h1-8,17,23H,9H2,(H,24,28)(H3,22,25,26,27)/t17-/m0/s1. The second-order valence-corrected chi connectivity index (χ2v) is 8.01. The fraction of sp³-hybridized carbons (Fsp3) is 0.105. The van der Waals surface area contributed by atoms with E-state index in [0.717, 1.165) is 16.5 Å². The van der Waals surface area contributed by atoms with Crippen LogP contribution < -0.4 is 16.4 Å². The molecule has 5 N–H and O–H groups in total. The minimum Gasteiger partial charge on any atom is -0.370 e. The van der Waals surface area contributed by atoms with Gasteiger partial charge in [-0.1, -0.05) is 53.2 Å². The third kappa shape index (κ3) is 4.50. The highest BCUT2D eigenvalue weighted by Crippen LogP contribution is 2.30. The molecule has 2 heterocycles. The Kier molecular flexibility index (Phi) is 5.66. The molecule has 0 bridgehead atoms.